The molecule has 0 bridgehead atoms. The van der Waals surface area contributed by atoms with Crippen molar-refractivity contribution >= 4 is 23.3 Å². The summed E-state index contributed by atoms with van der Waals surface area (Å²) in [5.74, 6) is -2.50. The third-order valence-electron chi connectivity index (χ3n) is 3.89. The minimum Gasteiger partial charge on any atom is -0.478 e. The van der Waals surface area contributed by atoms with Crippen LogP contribution >= 0.6 is 0 Å². The van der Waals surface area contributed by atoms with Crippen LogP contribution in [-0.2, 0) is 0 Å². The monoisotopic (exact) mass is 363 g/mol. The fourth-order valence-corrected chi connectivity index (χ4v) is 2.42. The molecule has 26 heavy (non-hydrogen) atoms. The molecule has 1 fully saturated rings. The Morgan fingerprint density at radius 1 is 0.885 bits per heavy atom. The molecule has 1 saturated heterocycles. The quantitative estimate of drug-likeness (QED) is 0.711. The van der Waals surface area contributed by atoms with Crippen molar-refractivity contribution in [2.75, 3.05) is 24.6 Å². The molecule has 3 rings (SSSR count). The van der Waals surface area contributed by atoms with Crippen LogP contribution in [-0.4, -0.2) is 35.0 Å². The van der Waals surface area contributed by atoms with Gasteiger partial charge in [-0.1, -0.05) is 0 Å². The lowest BCUT2D eigenvalue weighted by atomic mass is 10.2. The van der Waals surface area contributed by atoms with Crippen LogP contribution in [0.2, 0.25) is 0 Å². The van der Waals surface area contributed by atoms with Crippen LogP contribution in [0.15, 0.2) is 36.4 Å². The van der Waals surface area contributed by atoms with Gasteiger partial charge >= 0.3 is 5.97 Å². The van der Waals surface area contributed by atoms with Crippen molar-refractivity contribution in [3.8, 4) is 0 Å². The number of anilines is 2. The summed E-state index contributed by atoms with van der Waals surface area (Å²) >= 11 is 0. The molecule has 6 nitrogen and oxygen atoms in total. The number of carbonyl (C=O) groups is 2. The summed E-state index contributed by atoms with van der Waals surface area (Å²) in [5.41, 5.74) is 10.8. The number of nitrogens with zero attached hydrogens (tertiary/aromatic N) is 1. The zero-order valence-corrected chi connectivity index (χ0v) is 13.9. The van der Waals surface area contributed by atoms with Gasteiger partial charge in [0.05, 0.1) is 16.9 Å². The van der Waals surface area contributed by atoms with E-state index in [0.29, 0.717) is 5.56 Å². The van der Waals surface area contributed by atoms with Crippen molar-refractivity contribution in [1.29, 1.82) is 0 Å². The summed E-state index contributed by atoms with van der Waals surface area (Å²) in [5, 5.41) is 8.39. The molecule has 1 aliphatic heterocycles. The molecule has 0 unspecified atom stereocenters. The summed E-state index contributed by atoms with van der Waals surface area (Å²) < 4.78 is 25.7. The fraction of sp³-hybridized carbons (Fsp3) is 0.222. The van der Waals surface area contributed by atoms with Crippen LogP contribution < -0.4 is 11.5 Å². The molecule has 0 atom stereocenters. The summed E-state index contributed by atoms with van der Waals surface area (Å²) in [7, 11) is 0. The number of nitrogen functional groups attached to an aromatic ring is 2. The van der Waals surface area contributed by atoms with E-state index in [2.05, 4.69) is 0 Å². The molecule has 138 valence electrons. The van der Waals surface area contributed by atoms with Crippen molar-refractivity contribution < 1.29 is 23.5 Å². The van der Waals surface area contributed by atoms with Gasteiger partial charge in [-0.05, 0) is 49.2 Å². The van der Waals surface area contributed by atoms with Crippen LogP contribution in [0.25, 0.3) is 0 Å². The highest BCUT2D eigenvalue weighted by atomic mass is 19.1. The highest BCUT2D eigenvalue weighted by molar-refractivity contribution is 5.94. The first-order valence-electron chi connectivity index (χ1n) is 7.92. The molecule has 0 radical (unpaired) electrons. The number of amides is 1. The maximum absolute atomic E-state index is 13.1. The van der Waals surface area contributed by atoms with Gasteiger partial charge in [-0.15, -0.1) is 0 Å². The Morgan fingerprint density at radius 2 is 1.35 bits per heavy atom. The van der Waals surface area contributed by atoms with Crippen LogP contribution in [0.4, 0.5) is 20.2 Å². The van der Waals surface area contributed by atoms with Crippen LogP contribution in [0.3, 0.4) is 0 Å². The second kappa shape index (κ2) is 8.28. The maximum Gasteiger partial charge on any atom is 0.335 e. The maximum atomic E-state index is 13.1. The van der Waals surface area contributed by atoms with E-state index in [9.17, 15) is 18.4 Å². The summed E-state index contributed by atoms with van der Waals surface area (Å²) in [6.07, 6.45) is 2.06. The Bertz CT molecular complexity index is 821. The number of carboxylic acid groups (broad SMARTS) is 1. The lowest BCUT2D eigenvalue weighted by Crippen LogP contribution is -2.27. The first-order valence-corrected chi connectivity index (χ1v) is 7.92. The molecule has 5 N–H and O–H groups in total. The van der Waals surface area contributed by atoms with Crippen LogP contribution in [0, 0.1) is 11.6 Å². The average Bonchev–Trinajstić information content (AvgIpc) is 3.14. The Kier molecular flexibility index (Phi) is 6.11. The van der Waals surface area contributed by atoms with E-state index in [-0.39, 0.29) is 22.8 Å². The predicted molar refractivity (Wildman–Crippen MR) is 93.7 cm³/mol. The van der Waals surface area contributed by atoms with Gasteiger partial charge in [0.25, 0.3) is 5.91 Å². The number of halogens is 2. The van der Waals surface area contributed by atoms with Gasteiger partial charge in [-0.3, -0.25) is 4.79 Å². The first-order chi connectivity index (χ1) is 12.3. The van der Waals surface area contributed by atoms with Gasteiger partial charge in [0.15, 0.2) is 0 Å². The number of hydrogen-bond donors (Lipinski definition) is 3. The average molecular weight is 363 g/mol. The van der Waals surface area contributed by atoms with Gasteiger partial charge in [-0.25, -0.2) is 13.6 Å². The predicted octanol–water partition coefficient (Wildman–Crippen LogP) is 2.75. The number of rotatable bonds is 2. The number of carboxylic acids is 1. The third-order valence-corrected chi connectivity index (χ3v) is 3.89. The smallest absolute Gasteiger partial charge is 0.335 e. The van der Waals surface area contributed by atoms with Crippen molar-refractivity contribution in [1.82, 2.24) is 4.90 Å². The Balaban J connectivity index is 0.000000197. The minimum absolute atomic E-state index is 0.0463. The first kappa shape index (κ1) is 19.2. The van der Waals surface area contributed by atoms with Gasteiger partial charge in [0, 0.05) is 18.7 Å². The van der Waals surface area contributed by atoms with Crippen LogP contribution in [0.5, 0.6) is 0 Å². The number of nitrogens with two attached hydrogens (primary N) is 2. The molecular formula is C18H19F2N3O3. The van der Waals surface area contributed by atoms with E-state index in [1.165, 1.54) is 24.3 Å². The lowest BCUT2D eigenvalue weighted by Gasteiger charge is -2.15. The topological polar surface area (TPSA) is 110 Å². The van der Waals surface area contributed by atoms with Crippen molar-refractivity contribution in [2.24, 2.45) is 0 Å². The summed E-state index contributed by atoms with van der Waals surface area (Å²) in [6, 6.07) is 7.56. The van der Waals surface area contributed by atoms with E-state index >= 15 is 0 Å². The molecule has 8 heteroatoms. The van der Waals surface area contributed by atoms with Gasteiger partial charge in [0.1, 0.15) is 11.6 Å². The molecule has 1 aliphatic rings. The van der Waals surface area contributed by atoms with Crippen molar-refractivity contribution in [3.05, 3.63) is 59.2 Å². The van der Waals surface area contributed by atoms with E-state index in [0.717, 1.165) is 32.0 Å². The largest absolute Gasteiger partial charge is 0.478 e. The number of likely N-dealkylation sites (tertiary alicyclic amines) is 1. The highest BCUT2D eigenvalue weighted by Crippen LogP contribution is 2.16. The van der Waals surface area contributed by atoms with Crippen molar-refractivity contribution in [3.63, 3.8) is 0 Å². The molecule has 1 heterocycles. The minimum atomic E-state index is -1.16. The van der Waals surface area contributed by atoms with Gasteiger partial charge < -0.3 is 21.5 Å². The molecule has 0 aromatic heterocycles. The number of hydrogen-bond acceptors (Lipinski definition) is 4. The number of benzene rings is 2. The van der Waals surface area contributed by atoms with E-state index in [1.807, 2.05) is 0 Å². The molecule has 0 spiro atoms. The zero-order chi connectivity index (χ0) is 19.3. The van der Waals surface area contributed by atoms with E-state index < -0.39 is 17.6 Å². The fourth-order valence-electron chi connectivity index (χ4n) is 2.42. The standard InChI is InChI=1S/C11H13FN2O.C7H6FNO2/c12-9-7-8(3-4-10(9)13)11(15)14-5-1-2-6-14;8-5-3-4(7(10)11)1-2-6(5)9/h3-4,7H,1-2,5-6,13H2;1-3H,9H2,(H,10,11). The summed E-state index contributed by atoms with van der Waals surface area (Å²) in [6.45, 7) is 1.54. The van der Waals surface area contributed by atoms with Gasteiger partial charge in [0.2, 0.25) is 0 Å². The second-order valence-electron chi connectivity index (χ2n) is 5.78. The zero-order valence-electron chi connectivity index (χ0n) is 13.9. The Morgan fingerprint density at radius 3 is 1.81 bits per heavy atom. The molecular weight excluding hydrogens is 344 g/mol. The van der Waals surface area contributed by atoms with Gasteiger partial charge in [-0.2, -0.15) is 0 Å². The van der Waals surface area contributed by atoms with Crippen molar-refractivity contribution in [2.45, 2.75) is 12.8 Å². The normalized spacial score (nSPS) is 13.1. The second-order valence-corrected chi connectivity index (χ2v) is 5.78. The SMILES string of the molecule is Nc1ccc(C(=O)N2CCCC2)cc1F.Nc1ccc(C(=O)O)cc1F. The molecule has 2 aromatic rings. The van der Waals surface area contributed by atoms with Crippen LogP contribution in [0.1, 0.15) is 33.6 Å². The summed E-state index contributed by atoms with van der Waals surface area (Å²) in [4.78, 5) is 23.8. The highest BCUT2D eigenvalue weighted by Gasteiger charge is 2.19. The molecule has 0 aliphatic carbocycles. The third kappa shape index (κ3) is 4.69. The molecule has 0 saturated carbocycles. The van der Waals surface area contributed by atoms with E-state index in [4.69, 9.17) is 16.6 Å². The lowest BCUT2D eigenvalue weighted by molar-refractivity contribution is 0.0695. The Hall–Kier alpha value is -3.16. The Labute approximate surface area is 149 Å². The number of aromatic carboxylic acids is 1. The molecule has 1 amide bonds. The number of carbonyl (C=O) groups excluding carboxylic acids is 1. The van der Waals surface area contributed by atoms with E-state index in [1.54, 1.807) is 11.0 Å². The molecule has 2 aromatic carbocycles.